The van der Waals surface area contributed by atoms with E-state index in [9.17, 15) is 9.90 Å². The van der Waals surface area contributed by atoms with E-state index in [1.54, 1.807) is 22.7 Å². The first-order valence-corrected chi connectivity index (χ1v) is 8.25. The molecule has 0 radical (unpaired) electrons. The fraction of sp³-hybridized carbons (Fsp3) is 0.154. The summed E-state index contributed by atoms with van der Waals surface area (Å²) in [5, 5.41) is 11.2. The highest BCUT2D eigenvalue weighted by Gasteiger charge is 2.21. The number of carbonyl (C=O) groups is 1. The molecule has 0 saturated carbocycles. The number of rotatable bonds is 3. The molecule has 3 aromatic rings. The molecule has 3 N–H and O–H groups in total. The average molecular weight is 309 g/mol. The maximum atomic E-state index is 11.2. The summed E-state index contributed by atoms with van der Waals surface area (Å²) in [7, 11) is 0. The molecule has 0 atom stereocenters. The Morgan fingerprint density at radius 3 is 2.79 bits per heavy atom. The SMILES string of the molecule is CCc1c(-c2cc3sccc3s2)sc(C(=O)O)c1N. The van der Waals surface area contributed by atoms with Gasteiger partial charge in [-0.25, -0.2) is 4.79 Å². The molecule has 0 aromatic carbocycles. The number of thiophene rings is 3. The summed E-state index contributed by atoms with van der Waals surface area (Å²) < 4.78 is 2.48. The predicted molar refractivity (Wildman–Crippen MR) is 83.8 cm³/mol. The number of anilines is 1. The van der Waals surface area contributed by atoms with Crippen LogP contribution in [0.5, 0.6) is 0 Å². The molecule has 0 fully saturated rings. The largest absolute Gasteiger partial charge is 0.477 e. The maximum absolute atomic E-state index is 11.2. The van der Waals surface area contributed by atoms with E-state index in [-0.39, 0.29) is 4.88 Å². The molecular weight excluding hydrogens is 298 g/mol. The summed E-state index contributed by atoms with van der Waals surface area (Å²) in [5.41, 5.74) is 7.34. The van der Waals surface area contributed by atoms with Gasteiger partial charge in [-0.3, -0.25) is 0 Å². The third-order valence-corrected chi connectivity index (χ3v) is 6.47. The Hall–Kier alpha value is -1.37. The van der Waals surface area contributed by atoms with Crippen molar-refractivity contribution in [3.05, 3.63) is 28.0 Å². The molecule has 0 bridgehead atoms. The lowest BCUT2D eigenvalue weighted by molar-refractivity contribution is 0.0703. The highest BCUT2D eigenvalue weighted by atomic mass is 32.1. The second kappa shape index (κ2) is 4.63. The van der Waals surface area contributed by atoms with Crippen LogP contribution in [0.1, 0.15) is 22.2 Å². The first-order valence-electron chi connectivity index (χ1n) is 5.73. The Balaban J connectivity index is 2.21. The third kappa shape index (κ3) is 1.96. The van der Waals surface area contributed by atoms with Crippen molar-refractivity contribution in [2.24, 2.45) is 0 Å². The van der Waals surface area contributed by atoms with Gasteiger partial charge in [0.1, 0.15) is 4.88 Å². The van der Waals surface area contributed by atoms with Crippen LogP contribution in [0.15, 0.2) is 17.5 Å². The van der Waals surface area contributed by atoms with Gasteiger partial charge in [-0.2, -0.15) is 0 Å². The van der Waals surface area contributed by atoms with Crippen molar-refractivity contribution < 1.29 is 9.90 Å². The highest BCUT2D eigenvalue weighted by Crippen LogP contribution is 2.44. The van der Waals surface area contributed by atoms with Crippen molar-refractivity contribution in [1.29, 1.82) is 0 Å². The van der Waals surface area contributed by atoms with Crippen molar-refractivity contribution in [3.8, 4) is 9.75 Å². The molecule has 0 saturated heterocycles. The molecule has 3 heterocycles. The lowest BCUT2D eigenvalue weighted by atomic mass is 10.1. The van der Waals surface area contributed by atoms with E-state index < -0.39 is 5.97 Å². The zero-order valence-corrected chi connectivity index (χ0v) is 12.5. The third-order valence-electron chi connectivity index (χ3n) is 2.96. The minimum absolute atomic E-state index is 0.253. The molecule has 3 nitrogen and oxygen atoms in total. The molecule has 3 aromatic heterocycles. The molecule has 0 amide bonds. The monoisotopic (exact) mass is 309 g/mol. The van der Waals surface area contributed by atoms with Crippen molar-refractivity contribution in [3.63, 3.8) is 0 Å². The molecule has 98 valence electrons. The number of aromatic carboxylic acids is 1. The normalized spacial score (nSPS) is 11.2. The molecule has 6 heteroatoms. The van der Waals surface area contributed by atoms with Crippen molar-refractivity contribution in [1.82, 2.24) is 0 Å². The van der Waals surface area contributed by atoms with Gasteiger partial charge in [-0.15, -0.1) is 34.0 Å². The molecule has 3 rings (SSSR count). The number of fused-ring (bicyclic) bond motifs is 1. The van der Waals surface area contributed by atoms with Gasteiger partial charge in [-0.05, 0) is 29.5 Å². The fourth-order valence-electron chi connectivity index (χ4n) is 2.06. The van der Waals surface area contributed by atoms with Crippen LogP contribution >= 0.6 is 34.0 Å². The second-order valence-electron chi connectivity index (χ2n) is 4.07. The van der Waals surface area contributed by atoms with Gasteiger partial charge in [0.15, 0.2) is 0 Å². The van der Waals surface area contributed by atoms with E-state index in [0.29, 0.717) is 5.69 Å². The first-order chi connectivity index (χ1) is 9.11. The quantitative estimate of drug-likeness (QED) is 0.747. The van der Waals surface area contributed by atoms with E-state index in [1.165, 1.54) is 20.7 Å². The van der Waals surface area contributed by atoms with Gasteiger partial charge in [0, 0.05) is 14.3 Å². The molecule has 0 aliphatic carbocycles. The number of carboxylic acids is 1. The predicted octanol–water partition coefficient (Wildman–Crippen LogP) is 4.53. The minimum atomic E-state index is -0.943. The van der Waals surface area contributed by atoms with E-state index in [4.69, 9.17) is 5.73 Å². The van der Waals surface area contributed by atoms with Crippen LogP contribution in [0, 0.1) is 0 Å². The minimum Gasteiger partial charge on any atom is -0.477 e. The lowest BCUT2D eigenvalue weighted by Crippen LogP contribution is -1.99. The Morgan fingerprint density at radius 1 is 1.37 bits per heavy atom. The summed E-state index contributed by atoms with van der Waals surface area (Å²) in [6.07, 6.45) is 0.747. The van der Waals surface area contributed by atoms with Crippen LogP contribution in [-0.4, -0.2) is 11.1 Å². The number of hydrogen-bond donors (Lipinski definition) is 2. The molecule has 0 aliphatic rings. The number of carboxylic acid groups (broad SMARTS) is 1. The molecule has 0 spiro atoms. The summed E-state index contributed by atoms with van der Waals surface area (Å²) >= 11 is 4.67. The van der Waals surface area contributed by atoms with Crippen LogP contribution in [0.2, 0.25) is 0 Å². The Kier molecular flexibility index (Phi) is 3.08. The zero-order chi connectivity index (χ0) is 13.6. The molecular formula is C13H11NO2S3. The average Bonchev–Trinajstić information content (AvgIpc) is 2.99. The highest BCUT2D eigenvalue weighted by molar-refractivity contribution is 7.31. The van der Waals surface area contributed by atoms with Crippen LogP contribution in [0.25, 0.3) is 19.2 Å². The molecule has 0 aliphatic heterocycles. The summed E-state index contributed by atoms with van der Waals surface area (Å²) in [6, 6.07) is 4.22. The van der Waals surface area contributed by atoms with Crippen LogP contribution in [-0.2, 0) is 6.42 Å². The number of hydrogen-bond acceptors (Lipinski definition) is 5. The van der Waals surface area contributed by atoms with Gasteiger partial charge >= 0.3 is 5.97 Å². The van der Waals surface area contributed by atoms with Crippen molar-refractivity contribution >= 4 is 55.1 Å². The number of nitrogen functional groups attached to an aromatic ring is 1. The lowest BCUT2D eigenvalue weighted by Gasteiger charge is -1.99. The first kappa shape index (κ1) is 12.7. The molecule has 19 heavy (non-hydrogen) atoms. The zero-order valence-electron chi connectivity index (χ0n) is 10.1. The Morgan fingerprint density at radius 2 is 2.16 bits per heavy atom. The second-order valence-corrected chi connectivity index (χ2v) is 7.12. The van der Waals surface area contributed by atoms with Gasteiger partial charge < -0.3 is 10.8 Å². The van der Waals surface area contributed by atoms with Gasteiger partial charge in [0.2, 0.25) is 0 Å². The van der Waals surface area contributed by atoms with Crippen molar-refractivity contribution in [2.45, 2.75) is 13.3 Å². The van der Waals surface area contributed by atoms with E-state index in [2.05, 4.69) is 17.5 Å². The van der Waals surface area contributed by atoms with Gasteiger partial charge in [0.05, 0.1) is 10.6 Å². The van der Waals surface area contributed by atoms with E-state index in [1.807, 2.05) is 6.92 Å². The summed E-state index contributed by atoms with van der Waals surface area (Å²) in [6.45, 7) is 2.00. The van der Waals surface area contributed by atoms with Gasteiger partial charge in [0.25, 0.3) is 0 Å². The van der Waals surface area contributed by atoms with Gasteiger partial charge in [-0.1, -0.05) is 6.92 Å². The van der Waals surface area contributed by atoms with Crippen LogP contribution in [0.4, 0.5) is 5.69 Å². The molecule has 0 unspecified atom stereocenters. The Labute approximate surface area is 121 Å². The standard InChI is InChI=1S/C13H11NO2S3/c1-2-6-10(14)12(13(15)16)19-11(6)9-5-8-7(18-9)3-4-17-8/h3-5H,2,14H2,1H3,(H,15,16). The smallest absolute Gasteiger partial charge is 0.348 e. The van der Waals surface area contributed by atoms with E-state index in [0.717, 1.165) is 21.7 Å². The number of nitrogens with two attached hydrogens (primary N) is 1. The van der Waals surface area contributed by atoms with Crippen molar-refractivity contribution in [2.75, 3.05) is 5.73 Å². The maximum Gasteiger partial charge on any atom is 0.348 e. The van der Waals surface area contributed by atoms with Crippen LogP contribution < -0.4 is 5.73 Å². The van der Waals surface area contributed by atoms with E-state index >= 15 is 0 Å². The summed E-state index contributed by atoms with van der Waals surface area (Å²) in [5.74, 6) is -0.943. The topological polar surface area (TPSA) is 63.3 Å². The Bertz CT molecular complexity index is 738. The van der Waals surface area contributed by atoms with Crippen LogP contribution in [0.3, 0.4) is 0 Å². The summed E-state index contributed by atoms with van der Waals surface area (Å²) in [4.78, 5) is 13.6. The fourth-order valence-corrected chi connectivity index (χ4v) is 5.45.